The van der Waals surface area contributed by atoms with Crippen molar-refractivity contribution in [1.82, 2.24) is 5.32 Å². The summed E-state index contributed by atoms with van der Waals surface area (Å²) in [6.45, 7) is 0.535. The highest BCUT2D eigenvalue weighted by Gasteiger charge is 2.16. The summed E-state index contributed by atoms with van der Waals surface area (Å²) in [5, 5.41) is 2.70. The number of hydrogen-bond acceptors (Lipinski definition) is 2. The Morgan fingerprint density at radius 2 is 1.90 bits per heavy atom. The number of nitrogens with two attached hydrogens (primary N) is 1. The fourth-order valence-electron chi connectivity index (χ4n) is 2.75. The molecule has 0 heterocycles. The molecule has 0 radical (unpaired) electrons. The Labute approximate surface area is 117 Å². The van der Waals surface area contributed by atoms with Gasteiger partial charge in [-0.3, -0.25) is 4.79 Å². The molecule has 1 aliphatic rings. The van der Waals surface area contributed by atoms with Crippen LogP contribution in [0.15, 0.2) is 12.1 Å². The lowest BCUT2D eigenvalue weighted by Crippen LogP contribution is -2.26. The number of anilines is 1. The van der Waals surface area contributed by atoms with Gasteiger partial charge in [-0.15, -0.1) is 0 Å². The van der Waals surface area contributed by atoms with E-state index in [0.29, 0.717) is 6.54 Å². The smallest absolute Gasteiger partial charge is 0.253 e. The van der Waals surface area contributed by atoms with E-state index in [4.69, 9.17) is 5.73 Å². The molecule has 1 aliphatic carbocycles. The van der Waals surface area contributed by atoms with Gasteiger partial charge >= 0.3 is 0 Å². The molecule has 3 N–H and O–H groups in total. The Bertz CT molecular complexity index is 485. The van der Waals surface area contributed by atoms with E-state index in [1.165, 1.54) is 25.7 Å². The third-order valence-corrected chi connectivity index (χ3v) is 3.89. The molecular weight excluding hydrogens is 262 g/mol. The Morgan fingerprint density at radius 1 is 1.25 bits per heavy atom. The van der Waals surface area contributed by atoms with Gasteiger partial charge in [0.25, 0.3) is 5.91 Å². The second-order valence-corrected chi connectivity index (χ2v) is 5.40. The highest BCUT2D eigenvalue weighted by molar-refractivity contribution is 5.99. The van der Waals surface area contributed by atoms with Crippen molar-refractivity contribution in [2.45, 2.75) is 38.5 Å². The normalized spacial score (nSPS) is 15.5. The van der Waals surface area contributed by atoms with Crippen LogP contribution in [-0.2, 0) is 0 Å². The first-order chi connectivity index (χ1) is 9.58. The maximum atomic E-state index is 13.1. The van der Waals surface area contributed by atoms with Gasteiger partial charge in [0.05, 0.1) is 5.56 Å². The first kappa shape index (κ1) is 14.8. The minimum absolute atomic E-state index is 0.00948. The zero-order valence-corrected chi connectivity index (χ0v) is 11.4. The first-order valence-corrected chi connectivity index (χ1v) is 7.10. The molecule has 0 bridgehead atoms. The van der Waals surface area contributed by atoms with Crippen LogP contribution in [0.25, 0.3) is 0 Å². The topological polar surface area (TPSA) is 55.1 Å². The quantitative estimate of drug-likeness (QED) is 0.643. The lowest BCUT2D eigenvalue weighted by Gasteiger charge is -2.10. The van der Waals surface area contributed by atoms with Crippen molar-refractivity contribution in [3.63, 3.8) is 0 Å². The summed E-state index contributed by atoms with van der Waals surface area (Å²) in [7, 11) is 0. The molecule has 20 heavy (non-hydrogen) atoms. The molecule has 0 aliphatic heterocycles. The van der Waals surface area contributed by atoms with Crippen LogP contribution in [0.4, 0.5) is 14.5 Å². The highest BCUT2D eigenvalue weighted by Crippen LogP contribution is 2.28. The van der Waals surface area contributed by atoms with Gasteiger partial charge in [-0.1, -0.05) is 25.7 Å². The monoisotopic (exact) mass is 282 g/mol. The van der Waals surface area contributed by atoms with Crippen molar-refractivity contribution in [3.8, 4) is 0 Å². The number of halogens is 2. The summed E-state index contributed by atoms with van der Waals surface area (Å²) in [6, 6.07) is 1.68. The maximum Gasteiger partial charge on any atom is 0.253 e. The van der Waals surface area contributed by atoms with E-state index in [0.717, 1.165) is 30.9 Å². The molecule has 110 valence electrons. The van der Waals surface area contributed by atoms with E-state index < -0.39 is 17.5 Å². The lowest BCUT2D eigenvalue weighted by atomic mass is 10.0. The van der Waals surface area contributed by atoms with E-state index in [2.05, 4.69) is 5.32 Å². The van der Waals surface area contributed by atoms with Crippen LogP contribution in [0.5, 0.6) is 0 Å². The molecule has 1 fully saturated rings. The third kappa shape index (κ3) is 3.68. The fraction of sp³-hybridized carbons (Fsp3) is 0.533. The molecule has 3 nitrogen and oxygen atoms in total. The molecule has 0 aromatic heterocycles. The molecule has 1 aromatic carbocycles. The minimum Gasteiger partial charge on any atom is -0.398 e. The summed E-state index contributed by atoms with van der Waals surface area (Å²) in [5.41, 5.74) is 5.47. The molecule has 0 saturated heterocycles. The van der Waals surface area contributed by atoms with Gasteiger partial charge in [0.15, 0.2) is 11.6 Å². The minimum atomic E-state index is -1.06. The molecule has 1 amide bonds. The van der Waals surface area contributed by atoms with Crippen molar-refractivity contribution in [1.29, 1.82) is 0 Å². The van der Waals surface area contributed by atoms with E-state index in [9.17, 15) is 13.6 Å². The Morgan fingerprint density at radius 3 is 2.60 bits per heavy atom. The van der Waals surface area contributed by atoms with E-state index in [1.807, 2.05) is 0 Å². The van der Waals surface area contributed by atoms with Crippen LogP contribution in [-0.4, -0.2) is 12.5 Å². The number of carbonyl (C=O) groups is 1. The van der Waals surface area contributed by atoms with Crippen LogP contribution < -0.4 is 11.1 Å². The third-order valence-electron chi connectivity index (χ3n) is 3.89. The molecule has 2 rings (SSSR count). The van der Waals surface area contributed by atoms with Crippen LogP contribution in [0.2, 0.25) is 0 Å². The highest BCUT2D eigenvalue weighted by atomic mass is 19.2. The van der Waals surface area contributed by atoms with Gasteiger partial charge in [0.1, 0.15) is 0 Å². The molecule has 5 heteroatoms. The SMILES string of the molecule is Nc1cc(F)c(F)cc1C(=O)NCCCC1CCCC1. The second kappa shape index (κ2) is 6.68. The number of benzene rings is 1. The zero-order valence-electron chi connectivity index (χ0n) is 11.4. The summed E-state index contributed by atoms with van der Waals surface area (Å²) >= 11 is 0. The van der Waals surface area contributed by atoms with E-state index in [1.54, 1.807) is 0 Å². The molecule has 1 saturated carbocycles. The lowest BCUT2D eigenvalue weighted by molar-refractivity contribution is 0.0953. The summed E-state index contributed by atoms with van der Waals surface area (Å²) in [6.07, 6.45) is 7.19. The summed E-state index contributed by atoms with van der Waals surface area (Å²) in [5.74, 6) is -1.77. The number of nitrogens with one attached hydrogen (secondary N) is 1. The largest absolute Gasteiger partial charge is 0.398 e. The molecular formula is C15H20F2N2O. The van der Waals surface area contributed by atoms with Gasteiger partial charge in [0.2, 0.25) is 0 Å². The van der Waals surface area contributed by atoms with E-state index >= 15 is 0 Å². The predicted octanol–water partition coefficient (Wildman–Crippen LogP) is 3.25. The Hall–Kier alpha value is -1.65. The average molecular weight is 282 g/mol. The van der Waals surface area contributed by atoms with Gasteiger partial charge in [0, 0.05) is 18.3 Å². The number of rotatable bonds is 5. The number of carbonyl (C=O) groups excluding carboxylic acids is 1. The number of hydrogen-bond donors (Lipinski definition) is 2. The predicted molar refractivity (Wildman–Crippen MR) is 74.3 cm³/mol. The number of amides is 1. The first-order valence-electron chi connectivity index (χ1n) is 7.10. The summed E-state index contributed by atoms with van der Waals surface area (Å²) in [4.78, 5) is 11.8. The van der Waals surface area contributed by atoms with Crippen LogP contribution in [0.1, 0.15) is 48.9 Å². The van der Waals surface area contributed by atoms with Crippen LogP contribution in [0, 0.1) is 17.6 Å². The molecule has 0 spiro atoms. The molecule has 1 aromatic rings. The van der Waals surface area contributed by atoms with Crippen molar-refractivity contribution in [2.24, 2.45) is 5.92 Å². The van der Waals surface area contributed by atoms with Crippen molar-refractivity contribution in [2.75, 3.05) is 12.3 Å². The van der Waals surface area contributed by atoms with E-state index in [-0.39, 0.29) is 11.3 Å². The molecule has 0 atom stereocenters. The Balaban J connectivity index is 1.81. The van der Waals surface area contributed by atoms with Gasteiger partial charge in [-0.05, 0) is 24.8 Å². The fourth-order valence-corrected chi connectivity index (χ4v) is 2.75. The van der Waals surface area contributed by atoms with Crippen LogP contribution in [0.3, 0.4) is 0 Å². The number of nitrogen functional groups attached to an aromatic ring is 1. The van der Waals surface area contributed by atoms with Crippen LogP contribution >= 0.6 is 0 Å². The second-order valence-electron chi connectivity index (χ2n) is 5.40. The maximum absolute atomic E-state index is 13.1. The van der Waals surface area contributed by atoms with Gasteiger partial charge in [-0.2, -0.15) is 0 Å². The molecule has 0 unspecified atom stereocenters. The van der Waals surface area contributed by atoms with Gasteiger partial charge < -0.3 is 11.1 Å². The summed E-state index contributed by atoms with van der Waals surface area (Å²) < 4.78 is 26.0. The average Bonchev–Trinajstić information content (AvgIpc) is 2.92. The standard InChI is InChI=1S/C15H20F2N2O/c16-12-8-11(14(18)9-13(12)17)15(20)19-7-3-6-10-4-1-2-5-10/h8-10H,1-7,18H2,(H,19,20). The van der Waals surface area contributed by atoms with Crippen molar-refractivity contribution >= 4 is 11.6 Å². The van der Waals surface area contributed by atoms with Crippen molar-refractivity contribution < 1.29 is 13.6 Å². The zero-order chi connectivity index (χ0) is 14.5. The Kier molecular flexibility index (Phi) is 4.93. The van der Waals surface area contributed by atoms with Crippen molar-refractivity contribution in [3.05, 3.63) is 29.3 Å². The van der Waals surface area contributed by atoms with Gasteiger partial charge in [-0.25, -0.2) is 8.78 Å².